The zero-order chi connectivity index (χ0) is 9.42. The molecule has 1 unspecified atom stereocenters. The molecule has 0 aliphatic carbocycles. The van der Waals surface area contributed by atoms with Gasteiger partial charge in [-0.1, -0.05) is 6.07 Å². The van der Waals surface area contributed by atoms with Crippen LogP contribution in [0.1, 0.15) is 19.4 Å². The summed E-state index contributed by atoms with van der Waals surface area (Å²) in [5, 5.41) is 2.08. The number of benzene rings is 1. The molecule has 2 rings (SSSR count). The molecule has 0 aromatic heterocycles. The van der Waals surface area contributed by atoms with Gasteiger partial charge in [-0.05, 0) is 38.5 Å². The van der Waals surface area contributed by atoms with E-state index in [0.29, 0.717) is 12.1 Å². The van der Waals surface area contributed by atoms with Crippen molar-refractivity contribution in [3.8, 4) is 0 Å². The topological polar surface area (TPSA) is 24.7 Å². The molecular formula is C11H14N2. The molecule has 0 spiro atoms. The summed E-state index contributed by atoms with van der Waals surface area (Å²) in [4.78, 5) is 9.17. The third-order valence-electron chi connectivity index (χ3n) is 2.51. The van der Waals surface area contributed by atoms with E-state index < -0.39 is 0 Å². The molecule has 68 valence electrons. The highest BCUT2D eigenvalue weighted by Gasteiger charge is 2.12. The van der Waals surface area contributed by atoms with Gasteiger partial charge >= 0.3 is 0 Å². The third kappa shape index (κ3) is 1.48. The van der Waals surface area contributed by atoms with Crippen LogP contribution in [-0.4, -0.2) is 12.1 Å². The van der Waals surface area contributed by atoms with Crippen LogP contribution >= 0.6 is 0 Å². The minimum atomic E-state index is 0.314. The van der Waals surface area contributed by atoms with E-state index >= 15 is 0 Å². The van der Waals surface area contributed by atoms with Crippen LogP contribution in [-0.2, 0) is 0 Å². The lowest BCUT2D eigenvalue weighted by Gasteiger charge is -2.15. The molecule has 0 fully saturated rings. The van der Waals surface area contributed by atoms with Crippen molar-refractivity contribution in [3.63, 3.8) is 0 Å². The van der Waals surface area contributed by atoms with Crippen molar-refractivity contribution in [2.75, 3.05) is 0 Å². The smallest absolute Gasteiger partial charge is 0.0833 e. The maximum atomic E-state index is 4.59. The second-order valence-corrected chi connectivity index (χ2v) is 3.73. The lowest BCUT2D eigenvalue weighted by atomic mass is 10.1. The van der Waals surface area contributed by atoms with Gasteiger partial charge in [0, 0.05) is 0 Å². The summed E-state index contributed by atoms with van der Waals surface area (Å²) in [6.07, 6.45) is 0. The van der Waals surface area contributed by atoms with Gasteiger partial charge in [0.2, 0.25) is 0 Å². The van der Waals surface area contributed by atoms with Gasteiger partial charge in [-0.3, -0.25) is 9.98 Å². The Kier molecular flexibility index (Phi) is 1.91. The molecule has 0 saturated carbocycles. The van der Waals surface area contributed by atoms with Crippen LogP contribution in [0.3, 0.4) is 0 Å². The highest BCUT2D eigenvalue weighted by Crippen LogP contribution is 2.02. The highest BCUT2D eigenvalue weighted by molar-refractivity contribution is 5.13. The van der Waals surface area contributed by atoms with Crippen LogP contribution in [0.15, 0.2) is 28.2 Å². The Morgan fingerprint density at radius 1 is 1.00 bits per heavy atom. The summed E-state index contributed by atoms with van der Waals surface area (Å²) in [5.41, 5.74) is 1.25. The van der Waals surface area contributed by atoms with Gasteiger partial charge in [0.1, 0.15) is 0 Å². The Balaban J connectivity index is 2.70. The summed E-state index contributed by atoms with van der Waals surface area (Å²) >= 11 is 0. The largest absolute Gasteiger partial charge is 0.278 e. The fourth-order valence-corrected chi connectivity index (χ4v) is 1.50. The second-order valence-electron chi connectivity index (χ2n) is 3.73. The van der Waals surface area contributed by atoms with Gasteiger partial charge in [-0.25, -0.2) is 0 Å². The van der Waals surface area contributed by atoms with Crippen molar-refractivity contribution in [2.45, 2.75) is 32.9 Å². The molecule has 13 heavy (non-hydrogen) atoms. The third-order valence-corrected chi connectivity index (χ3v) is 2.51. The lowest BCUT2D eigenvalue weighted by Crippen LogP contribution is -2.36. The summed E-state index contributed by atoms with van der Waals surface area (Å²) in [7, 11) is 0. The van der Waals surface area contributed by atoms with E-state index in [2.05, 4.69) is 49.0 Å². The van der Waals surface area contributed by atoms with Crippen LogP contribution in [0.25, 0.3) is 0 Å². The number of fused-ring (bicyclic) bond motifs is 1. The Labute approximate surface area is 78.0 Å². The van der Waals surface area contributed by atoms with Crippen molar-refractivity contribution in [1.82, 2.24) is 0 Å². The van der Waals surface area contributed by atoms with Crippen LogP contribution in [0.4, 0.5) is 0 Å². The number of rotatable bonds is 0. The fraction of sp³-hybridized carbons (Fsp3) is 0.455. The van der Waals surface area contributed by atoms with Crippen molar-refractivity contribution in [2.24, 2.45) is 9.98 Å². The summed E-state index contributed by atoms with van der Waals surface area (Å²) in [5.74, 6) is 0. The van der Waals surface area contributed by atoms with Gasteiger partial charge in [-0.2, -0.15) is 0 Å². The van der Waals surface area contributed by atoms with Gasteiger partial charge in [-0.15, -0.1) is 0 Å². The predicted molar refractivity (Wildman–Crippen MR) is 52.4 cm³/mol. The SMILES string of the molecule is Cc1ccc2c(c1)=N[C@H](C)C(C)N=2. The van der Waals surface area contributed by atoms with Crippen LogP contribution in [0, 0.1) is 6.92 Å². The summed E-state index contributed by atoms with van der Waals surface area (Å²) in [6, 6.07) is 6.86. The van der Waals surface area contributed by atoms with E-state index in [0.717, 1.165) is 10.7 Å². The number of hydrogen-bond acceptors (Lipinski definition) is 2. The molecule has 1 aromatic rings. The van der Waals surface area contributed by atoms with Gasteiger partial charge in [0.25, 0.3) is 0 Å². The van der Waals surface area contributed by atoms with E-state index in [4.69, 9.17) is 0 Å². The van der Waals surface area contributed by atoms with Crippen molar-refractivity contribution in [3.05, 3.63) is 34.5 Å². The Morgan fingerprint density at radius 2 is 1.62 bits per heavy atom. The molecule has 0 saturated heterocycles. The molecule has 1 aromatic carbocycles. The average Bonchev–Trinajstić information content (AvgIpc) is 2.08. The first kappa shape index (κ1) is 8.42. The van der Waals surface area contributed by atoms with Crippen LogP contribution in [0.2, 0.25) is 0 Å². The number of nitrogens with zero attached hydrogens (tertiary/aromatic N) is 2. The summed E-state index contributed by atoms with van der Waals surface area (Å²) < 4.78 is 0. The average molecular weight is 174 g/mol. The molecule has 2 atom stereocenters. The maximum absolute atomic E-state index is 4.59. The lowest BCUT2D eigenvalue weighted by molar-refractivity contribution is 0.563. The zero-order valence-corrected chi connectivity index (χ0v) is 8.28. The minimum absolute atomic E-state index is 0.314. The molecule has 1 aliphatic heterocycles. The van der Waals surface area contributed by atoms with Crippen molar-refractivity contribution >= 4 is 0 Å². The van der Waals surface area contributed by atoms with Gasteiger partial charge in [0.05, 0.1) is 22.8 Å². The zero-order valence-electron chi connectivity index (χ0n) is 8.28. The monoisotopic (exact) mass is 174 g/mol. The molecule has 2 nitrogen and oxygen atoms in total. The molecule has 0 N–H and O–H groups in total. The molecule has 2 heteroatoms. The Hall–Kier alpha value is -1.18. The Morgan fingerprint density at radius 3 is 2.31 bits per heavy atom. The van der Waals surface area contributed by atoms with E-state index in [-0.39, 0.29) is 0 Å². The Bertz CT molecular complexity index is 434. The second kappa shape index (κ2) is 2.95. The number of aryl methyl sites for hydroxylation is 1. The molecular weight excluding hydrogens is 160 g/mol. The molecule has 0 amide bonds. The first-order chi connectivity index (χ1) is 6.16. The van der Waals surface area contributed by atoms with Crippen molar-refractivity contribution < 1.29 is 0 Å². The van der Waals surface area contributed by atoms with E-state index in [1.165, 1.54) is 5.56 Å². The molecule has 0 bridgehead atoms. The van der Waals surface area contributed by atoms with E-state index in [9.17, 15) is 0 Å². The quantitative estimate of drug-likeness (QED) is 0.561. The first-order valence-corrected chi connectivity index (χ1v) is 4.69. The van der Waals surface area contributed by atoms with Gasteiger partial charge < -0.3 is 0 Å². The van der Waals surface area contributed by atoms with Crippen molar-refractivity contribution in [1.29, 1.82) is 0 Å². The minimum Gasteiger partial charge on any atom is -0.278 e. The standard InChI is InChI=1S/C11H14N2/c1-7-4-5-10-11(6-7)13-9(3)8(2)12-10/h4-6,8-9H,1-3H3/t8?,9-/m1/s1. The normalized spacial score (nSPS) is 25.8. The first-order valence-electron chi connectivity index (χ1n) is 4.69. The fourth-order valence-electron chi connectivity index (χ4n) is 1.50. The van der Waals surface area contributed by atoms with E-state index in [1.54, 1.807) is 0 Å². The number of hydrogen-bond donors (Lipinski definition) is 0. The van der Waals surface area contributed by atoms with Crippen LogP contribution < -0.4 is 10.7 Å². The summed E-state index contributed by atoms with van der Waals surface area (Å²) in [6.45, 7) is 6.30. The highest BCUT2D eigenvalue weighted by atomic mass is 14.9. The molecule has 1 heterocycles. The predicted octanol–water partition coefficient (Wildman–Crippen LogP) is 1.02. The van der Waals surface area contributed by atoms with Crippen LogP contribution in [0.5, 0.6) is 0 Å². The molecule has 1 aliphatic rings. The molecule has 0 radical (unpaired) electrons. The van der Waals surface area contributed by atoms with Gasteiger partial charge in [0.15, 0.2) is 0 Å². The maximum Gasteiger partial charge on any atom is 0.0833 e. The van der Waals surface area contributed by atoms with E-state index in [1.807, 2.05) is 0 Å².